The number of hydrogen-bond acceptors (Lipinski definition) is 4. The highest BCUT2D eigenvalue weighted by Crippen LogP contribution is 2.58. The Morgan fingerprint density at radius 3 is 1.88 bits per heavy atom. The van der Waals surface area contributed by atoms with Gasteiger partial charge in [-0.3, -0.25) is 0 Å². The number of fused-ring (bicyclic) bond motifs is 4. The van der Waals surface area contributed by atoms with Crippen LogP contribution < -0.4 is 0 Å². The van der Waals surface area contributed by atoms with Gasteiger partial charge in [0.1, 0.15) is 16.6 Å². The molecule has 1 atom stereocenters. The lowest BCUT2D eigenvalue weighted by molar-refractivity contribution is 0.669. The summed E-state index contributed by atoms with van der Waals surface area (Å²) >= 11 is 0. The standard InChI is InChI=1S/C48H27N3O/c1-3-12-30(13-4-1)45-49-46(35-20-11-23-39-42(35)34-17-7-8-22-38(34)52-39)51-47(50-45)48(31-15-5-2-6-16-31)36-21-10-19-33-32-18-9-14-28-24-25-29-26-27-37(48)44(43(33)36)41(29)40(28)32/h1-27H. The van der Waals surface area contributed by atoms with Crippen LogP contribution in [0.25, 0.3) is 87.8 Å². The molecule has 4 nitrogen and oxygen atoms in total. The number of benzene rings is 9. The molecular weight excluding hydrogens is 635 g/mol. The zero-order valence-corrected chi connectivity index (χ0v) is 27.8. The topological polar surface area (TPSA) is 51.8 Å². The van der Waals surface area contributed by atoms with Crippen molar-refractivity contribution in [3.05, 3.63) is 186 Å². The molecule has 1 aliphatic carbocycles. The molecule has 240 valence electrons. The van der Waals surface area contributed by atoms with Crippen molar-refractivity contribution in [1.82, 2.24) is 15.0 Å². The molecule has 0 aliphatic heterocycles. The molecule has 0 fully saturated rings. The van der Waals surface area contributed by atoms with Gasteiger partial charge in [-0.25, -0.2) is 15.0 Å². The maximum Gasteiger partial charge on any atom is 0.164 e. The molecule has 1 unspecified atom stereocenters. The summed E-state index contributed by atoms with van der Waals surface area (Å²) < 4.78 is 6.36. The van der Waals surface area contributed by atoms with Crippen molar-refractivity contribution < 1.29 is 4.42 Å². The van der Waals surface area contributed by atoms with E-state index in [9.17, 15) is 0 Å². The summed E-state index contributed by atoms with van der Waals surface area (Å²) in [4.78, 5) is 16.4. The first kappa shape index (κ1) is 27.9. The van der Waals surface area contributed by atoms with Crippen molar-refractivity contribution >= 4 is 65.0 Å². The second kappa shape index (κ2) is 10.1. The summed E-state index contributed by atoms with van der Waals surface area (Å²) in [6, 6.07) is 58.0. The predicted molar refractivity (Wildman–Crippen MR) is 211 cm³/mol. The molecule has 0 radical (unpaired) electrons. The first-order valence-electron chi connectivity index (χ1n) is 17.7. The van der Waals surface area contributed by atoms with Crippen LogP contribution in [-0.2, 0) is 5.41 Å². The second-order valence-electron chi connectivity index (χ2n) is 13.8. The van der Waals surface area contributed by atoms with Gasteiger partial charge >= 0.3 is 0 Å². The zero-order chi connectivity index (χ0) is 34.0. The van der Waals surface area contributed by atoms with E-state index in [2.05, 4.69) is 121 Å². The minimum absolute atomic E-state index is 0.615. The minimum atomic E-state index is -0.825. The number of aromatic nitrogens is 3. The lowest BCUT2D eigenvalue weighted by atomic mass is 9.71. The third kappa shape index (κ3) is 3.48. The molecule has 1 aliphatic rings. The van der Waals surface area contributed by atoms with Gasteiger partial charge in [0.25, 0.3) is 0 Å². The maximum atomic E-state index is 6.36. The molecule has 0 N–H and O–H groups in total. The van der Waals surface area contributed by atoms with Gasteiger partial charge in [0.15, 0.2) is 17.5 Å². The molecule has 0 amide bonds. The van der Waals surface area contributed by atoms with Crippen LogP contribution in [-0.4, -0.2) is 15.0 Å². The van der Waals surface area contributed by atoms with Gasteiger partial charge in [-0.1, -0.05) is 152 Å². The molecule has 4 heteroatoms. The summed E-state index contributed by atoms with van der Waals surface area (Å²) in [6.45, 7) is 0. The van der Waals surface area contributed by atoms with E-state index in [1.54, 1.807) is 0 Å². The molecule has 52 heavy (non-hydrogen) atoms. The lowest BCUT2D eigenvalue weighted by Crippen LogP contribution is -2.32. The fourth-order valence-electron chi connectivity index (χ4n) is 9.21. The summed E-state index contributed by atoms with van der Waals surface area (Å²) in [5, 5.41) is 12.2. The fourth-order valence-corrected chi connectivity index (χ4v) is 9.21. The first-order chi connectivity index (χ1) is 25.8. The van der Waals surface area contributed by atoms with Crippen LogP contribution in [0.2, 0.25) is 0 Å². The zero-order valence-electron chi connectivity index (χ0n) is 27.8. The van der Waals surface area contributed by atoms with E-state index in [-0.39, 0.29) is 0 Å². The van der Waals surface area contributed by atoms with E-state index in [1.807, 2.05) is 42.5 Å². The van der Waals surface area contributed by atoms with Crippen LogP contribution in [0.5, 0.6) is 0 Å². The van der Waals surface area contributed by atoms with E-state index in [0.717, 1.165) is 38.6 Å². The Labute approximate surface area is 298 Å². The third-order valence-corrected chi connectivity index (χ3v) is 11.3. The van der Waals surface area contributed by atoms with Crippen LogP contribution in [0, 0.1) is 0 Å². The molecule has 2 aromatic heterocycles. The van der Waals surface area contributed by atoms with Gasteiger partial charge in [-0.2, -0.15) is 0 Å². The molecule has 12 rings (SSSR count). The van der Waals surface area contributed by atoms with Crippen molar-refractivity contribution in [2.75, 3.05) is 0 Å². The normalized spacial score (nSPS) is 15.4. The van der Waals surface area contributed by atoms with Crippen molar-refractivity contribution in [3.63, 3.8) is 0 Å². The third-order valence-electron chi connectivity index (χ3n) is 11.3. The molecular formula is C48H27N3O. The predicted octanol–water partition coefficient (Wildman–Crippen LogP) is 11.9. The molecule has 9 aromatic carbocycles. The molecule has 0 spiro atoms. The highest BCUT2D eigenvalue weighted by Gasteiger charge is 2.48. The van der Waals surface area contributed by atoms with Gasteiger partial charge in [-0.15, -0.1) is 0 Å². The van der Waals surface area contributed by atoms with Crippen LogP contribution in [0.1, 0.15) is 22.5 Å². The number of furan rings is 1. The Bertz CT molecular complexity index is 3240. The molecule has 0 saturated heterocycles. The molecule has 0 saturated carbocycles. The summed E-state index contributed by atoms with van der Waals surface area (Å²) in [5.41, 5.74) is 6.17. The maximum absolute atomic E-state index is 6.36. The molecule has 2 heterocycles. The van der Waals surface area contributed by atoms with Gasteiger partial charge in [0.05, 0.1) is 0 Å². The van der Waals surface area contributed by atoms with E-state index < -0.39 is 5.41 Å². The van der Waals surface area contributed by atoms with Crippen molar-refractivity contribution in [1.29, 1.82) is 0 Å². The second-order valence-corrected chi connectivity index (χ2v) is 13.8. The Morgan fingerprint density at radius 1 is 0.385 bits per heavy atom. The minimum Gasteiger partial charge on any atom is -0.456 e. The Balaban J connectivity index is 1.27. The van der Waals surface area contributed by atoms with E-state index in [1.165, 1.54) is 54.2 Å². The number of rotatable bonds is 4. The number of nitrogens with zero attached hydrogens (tertiary/aromatic N) is 3. The lowest BCUT2D eigenvalue weighted by Gasteiger charge is -2.32. The summed E-state index contributed by atoms with van der Waals surface area (Å²) in [6.07, 6.45) is 0. The number of hydrogen-bond donors (Lipinski definition) is 0. The monoisotopic (exact) mass is 661 g/mol. The van der Waals surface area contributed by atoms with E-state index in [0.29, 0.717) is 17.5 Å². The van der Waals surface area contributed by atoms with Crippen molar-refractivity contribution in [2.24, 2.45) is 0 Å². The summed E-state index contributed by atoms with van der Waals surface area (Å²) in [7, 11) is 0. The first-order valence-corrected chi connectivity index (χ1v) is 17.7. The number of para-hydroxylation sites is 1. The van der Waals surface area contributed by atoms with Crippen LogP contribution in [0.15, 0.2) is 168 Å². The van der Waals surface area contributed by atoms with E-state index >= 15 is 0 Å². The highest BCUT2D eigenvalue weighted by atomic mass is 16.3. The Kier molecular flexibility index (Phi) is 5.40. The van der Waals surface area contributed by atoms with E-state index in [4.69, 9.17) is 19.4 Å². The largest absolute Gasteiger partial charge is 0.456 e. The smallest absolute Gasteiger partial charge is 0.164 e. The average molecular weight is 662 g/mol. The fraction of sp³-hybridized carbons (Fsp3) is 0.0208. The van der Waals surface area contributed by atoms with Gasteiger partial charge < -0.3 is 4.42 Å². The van der Waals surface area contributed by atoms with Crippen LogP contribution in [0.3, 0.4) is 0 Å². The Hall–Kier alpha value is -6.91. The molecule has 0 bridgehead atoms. The van der Waals surface area contributed by atoms with Gasteiger partial charge in [-0.05, 0) is 71.9 Å². The summed E-state index contributed by atoms with van der Waals surface area (Å²) in [5.74, 6) is 1.94. The van der Waals surface area contributed by atoms with Gasteiger partial charge in [0.2, 0.25) is 0 Å². The van der Waals surface area contributed by atoms with Crippen molar-refractivity contribution in [3.8, 4) is 22.8 Å². The van der Waals surface area contributed by atoms with Crippen LogP contribution >= 0.6 is 0 Å². The average Bonchev–Trinajstić information content (AvgIpc) is 3.75. The van der Waals surface area contributed by atoms with Crippen LogP contribution in [0.4, 0.5) is 0 Å². The highest BCUT2D eigenvalue weighted by molar-refractivity contribution is 6.36. The molecule has 11 aromatic rings. The quantitative estimate of drug-likeness (QED) is 0.139. The van der Waals surface area contributed by atoms with Crippen molar-refractivity contribution in [2.45, 2.75) is 5.41 Å². The van der Waals surface area contributed by atoms with Gasteiger partial charge in [0, 0.05) is 21.9 Å². The SMILES string of the molecule is c1ccc(-c2nc(-c3cccc4oc5ccccc5c34)nc(C3(c4ccccc4)c4cccc5c6cccc7ccc8ccc3c(c45)c8c76)n2)cc1. The Morgan fingerprint density at radius 2 is 1.02 bits per heavy atom.